The van der Waals surface area contributed by atoms with Crippen LogP contribution in [0.2, 0.25) is 0 Å². The molecule has 0 aromatic rings. The van der Waals surface area contributed by atoms with Gasteiger partial charge < -0.3 is 15.4 Å². The SMILES string of the molecule is CC1CCOC1C(=O)NCCCNC1CC1. The Balaban J connectivity index is 1.52. The van der Waals surface area contributed by atoms with Gasteiger partial charge >= 0.3 is 0 Å². The van der Waals surface area contributed by atoms with Gasteiger partial charge in [0.25, 0.3) is 0 Å². The van der Waals surface area contributed by atoms with Gasteiger partial charge in [-0.15, -0.1) is 0 Å². The summed E-state index contributed by atoms with van der Waals surface area (Å²) in [7, 11) is 0. The first-order chi connectivity index (χ1) is 7.77. The van der Waals surface area contributed by atoms with Crippen LogP contribution >= 0.6 is 0 Å². The van der Waals surface area contributed by atoms with Gasteiger partial charge in [-0.3, -0.25) is 4.79 Å². The van der Waals surface area contributed by atoms with Crippen molar-refractivity contribution < 1.29 is 9.53 Å². The number of carbonyl (C=O) groups is 1. The van der Waals surface area contributed by atoms with Crippen molar-refractivity contribution >= 4 is 5.91 Å². The van der Waals surface area contributed by atoms with Crippen LogP contribution in [0.1, 0.15) is 32.6 Å². The van der Waals surface area contributed by atoms with E-state index in [2.05, 4.69) is 17.6 Å². The molecule has 4 nitrogen and oxygen atoms in total. The van der Waals surface area contributed by atoms with Gasteiger partial charge in [0.2, 0.25) is 5.91 Å². The highest BCUT2D eigenvalue weighted by Crippen LogP contribution is 2.20. The fraction of sp³-hybridized carbons (Fsp3) is 0.917. The Bertz CT molecular complexity index is 241. The molecule has 1 saturated carbocycles. The zero-order chi connectivity index (χ0) is 11.4. The Labute approximate surface area is 97.1 Å². The smallest absolute Gasteiger partial charge is 0.249 e. The molecule has 2 unspecified atom stereocenters. The molecule has 0 aromatic heterocycles. The molecule has 2 rings (SSSR count). The maximum Gasteiger partial charge on any atom is 0.249 e. The Morgan fingerprint density at radius 3 is 2.75 bits per heavy atom. The van der Waals surface area contributed by atoms with Crippen LogP contribution in [0.15, 0.2) is 0 Å². The summed E-state index contributed by atoms with van der Waals surface area (Å²) in [6.07, 6.45) is 4.43. The second-order valence-electron chi connectivity index (χ2n) is 4.93. The van der Waals surface area contributed by atoms with E-state index in [0.717, 1.165) is 38.6 Å². The average molecular weight is 226 g/mol. The molecule has 1 amide bonds. The zero-order valence-electron chi connectivity index (χ0n) is 10.00. The van der Waals surface area contributed by atoms with Gasteiger partial charge in [-0.25, -0.2) is 0 Å². The maximum absolute atomic E-state index is 11.7. The van der Waals surface area contributed by atoms with Crippen LogP contribution in [0.4, 0.5) is 0 Å². The minimum absolute atomic E-state index is 0.0661. The Morgan fingerprint density at radius 2 is 2.12 bits per heavy atom. The largest absolute Gasteiger partial charge is 0.368 e. The van der Waals surface area contributed by atoms with Crippen molar-refractivity contribution in [2.75, 3.05) is 19.7 Å². The quantitative estimate of drug-likeness (QED) is 0.655. The molecule has 2 fully saturated rings. The van der Waals surface area contributed by atoms with Crippen molar-refractivity contribution in [1.29, 1.82) is 0 Å². The van der Waals surface area contributed by atoms with Crippen LogP contribution in [-0.2, 0) is 9.53 Å². The van der Waals surface area contributed by atoms with E-state index in [1.54, 1.807) is 0 Å². The number of carbonyl (C=O) groups excluding carboxylic acids is 1. The summed E-state index contributed by atoms with van der Waals surface area (Å²) in [6, 6.07) is 0.758. The molecule has 1 aliphatic carbocycles. The van der Waals surface area contributed by atoms with Gasteiger partial charge in [-0.1, -0.05) is 6.92 Å². The second-order valence-corrected chi connectivity index (χ2v) is 4.93. The minimum Gasteiger partial charge on any atom is -0.368 e. The molecule has 2 atom stereocenters. The summed E-state index contributed by atoms with van der Waals surface area (Å²) in [5.74, 6) is 0.431. The van der Waals surface area contributed by atoms with Crippen LogP contribution in [0.5, 0.6) is 0 Å². The summed E-state index contributed by atoms with van der Waals surface area (Å²) < 4.78 is 5.40. The van der Waals surface area contributed by atoms with Gasteiger partial charge in [0.1, 0.15) is 6.10 Å². The van der Waals surface area contributed by atoms with Crippen LogP contribution in [-0.4, -0.2) is 37.7 Å². The zero-order valence-corrected chi connectivity index (χ0v) is 10.00. The summed E-state index contributed by atoms with van der Waals surface area (Å²) in [4.78, 5) is 11.7. The van der Waals surface area contributed by atoms with E-state index in [1.807, 2.05) is 0 Å². The van der Waals surface area contributed by atoms with E-state index >= 15 is 0 Å². The lowest BCUT2D eigenvalue weighted by molar-refractivity contribution is -0.131. The van der Waals surface area contributed by atoms with Crippen molar-refractivity contribution in [3.8, 4) is 0 Å². The molecule has 2 N–H and O–H groups in total. The first kappa shape index (κ1) is 11.9. The second kappa shape index (κ2) is 5.64. The average Bonchev–Trinajstić information content (AvgIpc) is 2.99. The lowest BCUT2D eigenvalue weighted by Gasteiger charge is -2.14. The number of rotatable bonds is 6. The van der Waals surface area contributed by atoms with E-state index in [0.29, 0.717) is 5.92 Å². The van der Waals surface area contributed by atoms with E-state index in [9.17, 15) is 4.79 Å². The van der Waals surface area contributed by atoms with E-state index in [-0.39, 0.29) is 12.0 Å². The van der Waals surface area contributed by atoms with Crippen molar-refractivity contribution in [2.24, 2.45) is 5.92 Å². The highest BCUT2D eigenvalue weighted by molar-refractivity contribution is 5.81. The lowest BCUT2D eigenvalue weighted by Crippen LogP contribution is -2.38. The van der Waals surface area contributed by atoms with Gasteiger partial charge in [-0.05, 0) is 38.1 Å². The summed E-state index contributed by atoms with van der Waals surface area (Å²) in [5.41, 5.74) is 0. The highest BCUT2D eigenvalue weighted by Gasteiger charge is 2.30. The Morgan fingerprint density at radius 1 is 1.31 bits per heavy atom. The van der Waals surface area contributed by atoms with Crippen LogP contribution in [0, 0.1) is 5.92 Å². The predicted octanol–water partition coefficient (Wildman–Crippen LogP) is 0.670. The van der Waals surface area contributed by atoms with Gasteiger partial charge in [0, 0.05) is 19.2 Å². The molecule has 1 aliphatic heterocycles. The van der Waals surface area contributed by atoms with Gasteiger partial charge in [0.15, 0.2) is 0 Å². The first-order valence-corrected chi connectivity index (χ1v) is 6.40. The van der Waals surface area contributed by atoms with Gasteiger partial charge in [0.05, 0.1) is 0 Å². The minimum atomic E-state index is -0.212. The highest BCUT2D eigenvalue weighted by atomic mass is 16.5. The maximum atomic E-state index is 11.7. The van der Waals surface area contributed by atoms with Crippen molar-refractivity contribution in [2.45, 2.75) is 44.8 Å². The molecule has 2 aliphatic rings. The molecular weight excluding hydrogens is 204 g/mol. The van der Waals surface area contributed by atoms with Crippen molar-refractivity contribution in [3.63, 3.8) is 0 Å². The molecule has 0 spiro atoms. The first-order valence-electron chi connectivity index (χ1n) is 6.40. The standard InChI is InChI=1S/C12H22N2O2/c1-9-5-8-16-11(9)12(15)14-7-2-6-13-10-3-4-10/h9-11,13H,2-8H2,1H3,(H,14,15). The Kier molecular flexibility index (Phi) is 4.18. The predicted molar refractivity (Wildman–Crippen MR) is 62.2 cm³/mol. The number of amides is 1. The molecule has 0 aromatic carbocycles. The molecule has 0 radical (unpaired) electrons. The van der Waals surface area contributed by atoms with E-state index in [1.165, 1.54) is 12.8 Å². The Hall–Kier alpha value is -0.610. The molecule has 0 bridgehead atoms. The van der Waals surface area contributed by atoms with Crippen LogP contribution < -0.4 is 10.6 Å². The fourth-order valence-electron chi connectivity index (χ4n) is 2.02. The summed E-state index contributed by atoms with van der Waals surface area (Å²) in [5, 5.41) is 6.37. The number of hydrogen-bond acceptors (Lipinski definition) is 3. The monoisotopic (exact) mass is 226 g/mol. The van der Waals surface area contributed by atoms with Crippen LogP contribution in [0.25, 0.3) is 0 Å². The topological polar surface area (TPSA) is 50.4 Å². The van der Waals surface area contributed by atoms with E-state index < -0.39 is 0 Å². The number of hydrogen-bond donors (Lipinski definition) is 2. The lowest BCUT2D eigenvalue weighted by atomic mass is 10.0. The molecule has 16 heavy (non-hydrogen) atoms. The molecule has 92 valence electrons. The van der Waals surface area contributed by atoms with E-state index in [4.69, 9.17) is 4.74 Å². The third kappa shape index (κ3) is 3.46. The van der Waals surface area contributed by atoms with Crippen molar-refractivity contribution in [1.82, 2.24) is 10.6 Å². The van der Waals surface area contributed by atoms with Crippen molar-refractivity contribution in [3.05, 3.63) is 0 Å². The molecular formula is C12H22N2O2. The van der Waals surface area contributed by atoms with Gasteiger partial charge in [-0.2, -0.15) is 0 Å². The third-order valence-corrected chi connectivity index (χ3v) is 3.31. The fourth-order valence-corrected chi connectivity index (χ4v) is 2.02. The molecule has 1 heterocycles. The molecule has 1 saturated heterocycles. The summed E-state index contributed by atoms with van der Waals surface area (Å²) in [6.45, 7) is 4.56. The normalized spacial score (nSPS) is 29.3. The number of nitrogens with one attached hydrogen (secondary N) is 2. The van der Waals surface area contributed by atoms with Crippen LogP contribution in [0.3, 0.4) is 0 Å². The number of ether oxygens (including phenoxy) is 1. The molecule has 4 heteroatoms. The third-order valence-electron chi connectivity index (χ3n) is 3.31. The summed E-state index contributed by atoms with van der Waals surface area (Å²) >= 11 is 0.